The largest absolute Gasteiger partial charge is 0.494 e. The van der Waals surface area contributed by atoms with E-state index in [2.05, 4.69) is 11.5 Å². The van der Waals surface area contributed by atoms with Crippen molar-refractivity contribution in [2.75, 3.05) is 7.11 Å². The summed E-state index contributed by atoms with van der Waals surface area (Å²) >= 11 is 0. The molecule has 4 heteroatoms. The van der Waals surface area contributed by atoms with Gasteiger partial charge >= 0.3 is 0 Å². The average molecular weight is 299 g/mol. The first-order chi connectivity index (χ1) is 10.6. The Labute approximate surface area is 128 Å². The molecule has 0 amide bonds. The van der Waals surface area contributed by atoms with Gasteiger partial charge in [0.25, 0.3) is 0 Å². The van der Waals surface area contributed by atoms with E-state index in [-0.39, 0.29) is 29.2 Å². The van der Waals surface area contributed by atoms with Crippen LogP contribution in [0.5, 0.6) is 5.75 Å². The van der Waals surface area contributed by atoms with Gasteiger partial charge in [0, 0.05) is 29.8 Å². The second-order valence-electron chi connectivity index (χ2n) is 6.34. The Bertz CT molecular complexity index is 774. The quantitative estimate of drug-likeness (QED) is 0.802. The highest BCUT2D eigenvalue weighted by atomic mass is 19.1. The molecule has 0 radical (unpaired) electrons. The normalized spacial score (nSPS) is 19.5. The maximum absolute atomic E-state index is 14.1. The Morgan fingerprint density at radius 1 is 1.36 bits per heavy atom. The van der Waals surface area contributed by atoms with Crippen LogP contribution in [0.2, 0.25) is 0 Å². The number of hydrogen-bond donors (Lipinski definition) is 0. The van der Waals surface area contributed by atoms with E-state index in [1.54, 1.807) is 12.1 Å². The summed E-state index contributed by atoms with van der Waals surface area (Å²) in [7, 11) is 1.46. The summed E-state index contributed by atoms with van der Waals surface area (Å²) in [6.45, 7) is 2.85. The average Bonchev–Trinajstić information content (AvgIpc) is 3.27. The molecule has 0 saturated heterocycles. The van der Waals surface area contributed by atoms with Gasteiger partial charge in [0.1, 0.15) is 0 Å². The van der Waals surface area contributed by atoms with E-state index >= 15 is 0 Å². The van der Waals surface area contributed by atoms with Gasteiger partial charge in [-0.05, 0) is 42.5 Å². The van der Waals surface area contributed by atoms with Gasteiger partial charge in [-0.3, -0.25) is 4.79 Å². The maximum Gasteiger partial charge on any atom is 0.168 e. The summed E-state index contributed by atoms with van der Waals surface area (Å²) in [6, 6.07) is 5.20. The van der Waals surface area contributed by atoms with E-state index in [4.69, 9.17) is 4.74 Å². The number of benzene rings is 1. The SMILES string of the molecule is COc1cc2c(cc1F)C(C)Cn1ccc(C(=O)C3CC3)c1-2. The third kappa shape index (κ3) is 1.90. The summed E-state index contributed by atoms with van der Waals surface area (Å²) in [5, 5.41) is 0. The molecule has 4 rings (SSSR count). The van der Waals surface area contributed by atoms with Gasteiger partial charge in [0.15, 0.2) is 17.3 Å². The first-order valence-corrected chi connectivity index (χ1v) is 7.71. The number of ketones is 1. The fourth-order valence-corrected chi connectivity index (χ4v) is 3.42. The zero-order valence-electron chi connectivity index (χ0n) is 12.7. The zero-order valence-corrected chi connectivity index (χ0v) is 12.7. The summed E-state index contributed by atoms with van der Waals surface area (Å²) in [6.07, 6.45) is 3.94. The molecule has 3 nitrogen and oxygen atoms in total. The first-order valence-electron chi connectivity index (χ1n) is 7.71. The van der Waals surface area contributed by atoms with Crippen molar-refractivity contribution in [3.05, 3.63) is 41.3 Å². The molecule has 1 fully saturated rings. The Morgan fingerprint density at radius 3 is 2.82 bits per heavy atom. The number of halogens is 1. The summed E-state index contributed by atoms with van der Waals surface area (Å²) in [5.74, 6) is 0.488. The highest BCUT2D eigenvalue weighted by Gasteiger charge is 2.35. The van der Waals surface area contributed by atoms with E-state index < -0.39 is 0 Å². The molecule has 1 aliphatic heterocycles. The number of fused-ring (bicyclic) bond motifs is 3. The van der Waals surface area contributed by atoms with Crippen LogP contribution in [0.15, 0.2) is 24.4 Å². The number of hydrogen-bond acceptors (Lipinski definition) is 2. The maximum atomic E-state index is 14.1. The number of Topliss-reactive ketones (excluding diaryl/α,β-unsaturated/α-hetero) is 1. The lowest BCUT2D eigenvalue weighted by molar-refractivity contribution is 0.0968. The molecule has 2 aliphatic rings. The molecule has 1 aromatic heterocycles. The number of rotatable bonds is 3. The minimum Gasteiger partial charge on any atom is -0.494 e. The molecule has 1 saturated carbocycles. The number of ether oxygens (including phenoxy) is 1. The van der Waals surface area contributed by atoms with E-state index in [0.717, 1.165) is 41.8 Å². The van der Waals surface area contributed by atoms with Crippen molar-refractivity contribution in [1.29, 1.82) is 0 Å². The van der Waals surface area contributed by atoms with Crippen LogP contribution in [0.1, 0.15) is 41.6 Å². The summed E-state index contributed by atoms with van der Waals surface area (Å²) in [5.41, 5.74) is 3.56. The molecule has 1 aliphatic carbocycles. The van der Waals surface area contributed by atoms with Crippen molar-refractivity contribution in [2.24, 2.45) is 5.92 Å². The topological polar surface area (TPSA) is 31.2 Å². The van der Waals surface area contributed by atoms with Crippen molar-refractivity contribution in [2.45, 2.75) is 32.2 Å². The van der Waals surface area contributed by atoms with Crippen LogP contribution in [0.4, 0.5) is 4.39 Å². The second-order valence-corrected chi connectivity index (χ2v) is 6.34. The second kappa shape index (κ2) is 4.70. The van der Waals surface area contributed by atoms with Gasteiger partial charge in [0.2, 0.25) is 0 Å². The number of methoxy groups -OCH3 is 1. The third-order valence-electron chi connectivity index (χ3n) is 4.76. The van der Waals surface area contributed by atoms with Gasteiger partial charge in [-0.2, -0.15) is 0 Å². The van der Waals surface area contributed by atoms with Crippen LogP contribution >= 0.6 is 0 Å². The highest BCUT2D eigenvalue weighted by Crippen LogP contribution is 2.43. The number of carbonyl (C=O) groups is 1. The molecule has 1 atom stereocenters. The van der Waals surface area contributed by atoms with Gasteiger partial charge in [-0.1, -0.05) is 6.92 Å². The van der Waals surface area contributed by atoms with Crippen LogP contribution < -0.4 is 4.74 Å². The highest BCUT2D eigenvalue weighted by molar-refractivity contribution is 6.05. The van der Waals surface area contributed by atoms with E-state index in [9.17, 15) is 9.18 Å². The third-order valence-corrected chi connectivity index (χ3v) is 4.76. The fraction of sp³-hybridized carbons (Fsp3) is 0.389. The van der Waals surface area contributed by atoms with Crippen LogP contribution in [0.25, 0.3) is 11.3 Å². The molecular formula is C18H18FNO2. The molecule has 0 bridgehead atoms. The zero-order chi connectivity index (χ0) is 15.4. The molecule has 22 heavy (non-hydrogen) atoms. The van der Waals surface area contributed by atoms with Crippen LogP contribution in [0, 0.1) is 11.7 Å². The molecule has 1 unspecified atom stereocenters. The lowest BCUT2D eigenvalue weighted by Gasteiger charge is -2.26. The van der Waals surface area contributed by atoms with Crippen LogP contribution in [-0.2, 0) is 6.54 Å². The monoisotopic (exact) mass is 299 g/mol. The van der Waals surface area contributed by atoms with Gasteiger partial charge in [-0.25, -0.2) is 4.39 Å². The Hall–Kier alpha value is -2.10. The fourth-order valence-electron chi connectivity index (χ4n) is 3.42. The smallest absolute Gasteiger partial charge is 0.168 e. The van der Waals surface area contributed by atoms with Crippen molar-refractivity contribution in [3.63, 3.8) is 0 Å². The molecule has 2 heterocycles. The predicted molar refractivity (Wildman–Crippen MR) is 81.8 cm³/mol. The Kier molecular flexibility index (Phi) is 2.90. The van der Waals surface area contributed by atoms with Crippen LogP contribution in [-0.4, -0.2) is 17.5 Å². The van der Waals surface area contributed by atoms with Crippen molar-refractivity contribution >= 4 is 5.78 Å². The minimum absolute atomic E-state index is 0.178. The van der Waals surface area contributed by atoms with E-state index in [1.807, 2.05) is 12.3 Å². The molecular weight excluding hydrogens is 281 g/mol. The Morgan fingerprint density at radius 2 is 2.14 bits per heavy atom. The molecule has 2 aromatic rings. The summed E-state index contributed by atoms with van der Waals surface area (Å²) in [4.78, 5) is 12.5. The van der Waals surface area contributed by atoms with Crippen molar-refractivity contribution < 1.29 is 13.9 Å². The van der Waals surface area contributed by atoms with Gasteiger partial charge in [0.05, 0.1) is 12.8 Å². The molecule has 114 valence electrons. The number of carbonyl (C=O) groups excluding carboxylic acids is 1. The number of nitrogens with zero attached hydrogens (tertiary/aromatic N) is 1. The minimum atomic E-state index is -0.344. The lowest BCUT2D eigenvalue weighted by atomic mass is 9.88. The van der Waals surface area contributed by atoms with Gasteiger partial charge in [-0.15, -0.1) is 0 Å². The number of aromatic nitrogens is 1. The predicted octanol–water partition coefficient (Wildman–Crippen LogP) is 4.01. The molecule has 0 N–H and O–H groups in total. The molecule has 1 aromatic carbocycles. The lowest BCUT2D eigenvalue weighted by Crippen LogP contribution is -2.16. The van der Waals surface area contributed by atoms with Crippen molar-refractivity contribution in [1.82, 2.24) is 4.57 Å². The Balaban J connectivity index is 1.93. The molecule has 0 spiro atoms. The van der Waals surface area contributed by atoms with Crippen LogP contribution in [0.3, 0.4) is 0 Å². The standard InChI is InChI=1S/C18H18FNO2/c1-10-9-20-6-5-12(18(21)11-3-4-11)17(20)14-8-16(22-2)15(19)7-13(10)14/h5-8,10-11H,3-4,9H2,1-2H3. The first kappa shape index (κ1) is 13.6. The van der Waals surface area contributed by atoms with Gasteiger partial charge < -0.3 is 9.30 Å². The van der Waals surface area contributed by atoms with Crippen molar-refractivity contribution in [3.8, 4) is 17.0 Å². The van der Waals surface area contributed by atoms with E-state index in [1.165, 1.54) is 7.11 Å². The summed E-state index contributed by atoms with van der Waals surface area (Å²) < 4.78 is 21.3. The van der Waals surface area contributed by atoms with E-state index in [0.29, 0.717) is 0 Å².